The van der Waals surface area contributed by atoms with Crippen LogP contribution in [-0.2, 0) is 19.3 Å². The Hall–Kier alpha value is -2.08. The second-order valence-electron chi connectivity index (χ2n) is 6.11. The third-order valence-electron chi connectivity index (χ3n) is 5.10. The molecule has 0 amide bonds. The maximum Gasteiger partial charge on any atom is -0.0146 e. The van der Waals surface area contributed by atoms with Crippen LogP contribution in [0.5, 0.6) is 0 Å². The highest BCUT2D eigenvalue weighted by molar-refractivity contribution is 5.79. The predicted octanol–water partition coefficient (Wildman–Crippen LogP) is 5.36. The Labute approximate surface area is 126 Å². The van der Waals surface area contributed by atoms with Crippen molar-refractivity contribution in [2.24, 2.45) is 0 Å². The minimum atomic E-state index is 1.16. The fourth-order valence-electron chi connectivity index (χ4n) is 3.96. The highest BCUT2D eigenvalue weighted by Crippen LogP contribution is 2.40. The summed E-state index contributed by atoms with van der Waals surface area (Å²) >= 11 is 0. The molecule has 0 aromatic heterocycles. The highest BCUT2D eigenvalue weighted by atomic mass is 14.3. The van der Waals surface area contributed by atoms with E-state index in [0.29, 0.717) is 0 Å². The monoisotopic (exact) mass is 272 g/mol. The van der Waals surface area contributed by atoms with Gasteiger partial charge >= 0.3 is 0 Å². The summed E-state index contributed by atoms with van der Waals surface area (Å²) in [6.07, 6.45) is 11.3. The molecule has 2 aliphatic rings. The minimum absolute atomic E-state index is 1.16. The van der Waals surface area contributed by atoms with Gasteiger partial charge in [0.1, 0.15) is 0 Å². The Bertz CT molecular complexity index is 775. The van der Waals surface area contributed by atoms with Gasteiger partial charge in [0, 0.05) is 0 Å². The zero-order valence-corrected chi connectivity index (χ0v) is 12.6. The average molecular weight is 272 g/mol. The molecule has 0 aliphatic heterocycles. The van der Waals surface area contributed by atoms with Gasteiger partial charge in [-0.15, -0.1) is 0 Å². The van der Waals surface area contributed by atoms with E-state index in [1.54, 1.807) is 11.1 Å². The number of benzene rings is 2. The van der Waals surface area contributed by atoms with Gasteiger partial charge in [-0.2, -0.15) is 0 Å². The van der Waals surface area contributed by atoms with Gasteiger partial charge in [-0.3, -0.25) is 0 Å². The van der Waals surface area contributed by atoms with Crippen LogP contribution in [0.15, 0.2) is 36.9 Å². The van der Waals surface area contributed by atoms with Gasteiger partial charge in [-0.05, 0) is 77.1 Å². The van der Waals surface area contributed by atoms with Gasteiger partial charge in [0.2, 0.25) is 0 Å². The molecule has 0 heterocycles. The molecule has 2 aromatic carbocycles. The lowest BCUT2D eigenvalue weighted by atomic mass is 9.78. The standard InChI is InChI=1S/C21H20/c1-3-15-8-10-19-17(14(15)2)12-13-20-18-7-5-4-6-16(18)9-11-21(19)20/h3-4,6,8-11H,1,5,7,12-13H2,2H3. The van der Waals surface area contributed by atoms with Crippen LogP contribution >= 0.6 is 0 Å². The van der Waals surface area contributed by atoms with Crippen molar-refractivity contribution in [3.8, 4) is 11.1 Å². The second kappa shape index (κ2) is 4.73. The van der Waals surface area contributed by atoms with Crippen LogP contribution in [0.1, 0.15) is 39.8 Å². The number of fused-ring (bicyclic) bond motifs is 5. The van der Waals surface area contributed by atoms with Gasteiger partial charge in [0.05, 0.1) is 0 Å². The van der Waals surface area contributed by atoms with E-state index < -0.39 is 0 Å². The molecule has 0 atom stereocenters. The van der Waals surface area contributed by atoms with Crippen LogP contribution in [0.2, 0.25) is 0 Å². The molecule has 0 nitrogen and oxygen atoms in total. The van der Waals surface area contributed by atoms with E-state index in [9.17, 15) is 0 Å². The molecule has 0 bridgehead atoms. The molecule has 0 fully saturated rings. The maximum atomic E-state index is 3.94. The molecule has 0 heteroatoms. The van der Waals surface area contributed by atoms with E-state index in [1.807, 2.05) is 6.08 Å². The number of hydrogen-bond donors (Lipinski definition) is 0. The van der Waals surface area contributed by atoms with Crippen LogP contribution in [0.3, 0.4) is 0 Å². The molecular weight excluding hydrogens is 252 g/mol. The Balaban J connectivity index is 1.96. The SMILES string of the molecule is C=Cc1ccc2c(c1C)CCc1c-2ccc2c1CCC=C2. The minimum Gasteiger partial charge on any atom is -0.0985 e. The predicted molar refractivity (Wildman–Crippen MR) is 91.5 cm³/mol. The van der Waals surface area contributed by atoms with Crippen molar-refractivity contribution in [1.29, 1.82) is 0 Å². The maximum absolute atomic E-state index is 3.94. The van der Waals surface area contributed by atoms with Crippen molar-refractivity contribution < 1.29 is 0 Å². The fraction of sp³-hybridized carbons (Fsp3) is 0.238. The van der Waals surface area contributed by atoms with E-state index >= 15 is 0 Å². The topological polar surface area (TPSA) is 0 Å². The molecule has 104 valence electrons. The first-order valence-electron chi connectivity index (χ1n) is 7.86. The average Bonchev–Trinajstić information content (AvgIpc) is 2.54. The second-order valence-corrected chi connectivity index (χ2v) is 6.11. The van der Waals surface area contributed by atoms with E-state index in [4.69, 9.17) is 0 Å². The van der Waals surface area contributed by atoms with Gasteiger partial charge in [-0.25, -0.2) is 0 Å². The number of hydrogen-bond acceptors (Lipinski definition) is 0. The van der Waals surface area contributed by atoms with Crippen LogP contribution in [0.25, 0.3) is 23.3 Å². The molecule has 0 N–H and O–H groups in total. The lowest BCUT2D eigenvalue weighted by Gasteiger charge is -2.27. The van der Waals surface area contributed by atoms with Crippen LogP contribution in [0.4, 0.5) is 0 Å². The molecule has 0 saturated heterocycles. The molecular formula is C21H20. The summed E-state index contributed by atoms with van der Waals surface area (Å²) in [7, 11) is 0. The summed E-state index contributed by atoms with van der Waals surface area (Å²) in [6, 6.07) is 9.14. The molecule has 0 unspecified atom stereocenters. The van der Waals surface area contributed by atoms with E-state index in [2.05, 4.69) is 49.9 Å². The largest absolute Gasteiger partial charge is 0.0985 e. The first-order valence-corrected chi connectivity index (χ1v) is 7.86. The fourth-order valence-corrected chi connectivity index (χ4v) is 3.96. The normalized spacial score (nSPS) is 15.1. The number of allylic oxidation sites excluding steroid dienone is 1. The highest BCUT2D eigenvalue weighted by Gasteiger charge is 2.22. The van der Waals surface area contributed by atoms with E-state index in [-0.39, 0.29) is 0 Å². The van der Waals surface area contributed by atoms with Crippen molar-refractivity contribution in [2.75, 3.05) is 0 Å². The molecule has 4 rings (SSSR count). The Morgan fingerprint density at radius 3 is 2.52 bits per heavy atom. The third kappa shape index (κ3) is 1.82. The molecule has 0 radical (unpaired) electrons. The summed E-state index contributed by atoms with van der Waals surface area (Å²) in [5, 5.41) is 0. The van der Waals surface area contributed by atoms with Crippen molar-refractivity contribution in [2.45, 2.75) is 32.6 Å². The van der Waals surface area contributed by atoms with Gasteiger partial charge in [0.15, 0.2) is 0 Å². The van der Waals surface area contributed by atoms with E-state index in [0.717, 1.165) is 6.42 Å². The summed E-state index contributed by atoms with van der Waals surface area (Å²) in [5.41, 5.74) is 11.7. The van der Waals surface area contributed by atoms with Crippen LogP contribution in [0, 0.1) is 6.92 Å². The molecule has 0 saturated carbocycles. The van der Waals surface area contributed by atoms with Crippen molar-refractivity contribution >= 4 is 12.2 Å². The van der Waals surface area contributed by atoms with Crippen molar-refractivity contribution in [3.05, 3.63) is 70.3 Å². The Morgan fingerprint density at radius 2 is 1.67 bits per heavy atom. The molecule has 2 aliphatic carbocycles. The quantitative estimate of drug-likeness (QED) is 0.655. The third-order valence-corrected chi connectivity index (χ3v) is 5.10. The Morgan fingerprint density at radius 1 is 0.905 bits per heavy atom. The van der Waals surface area contributed by atoms with E-state index in [1.165, 1.54) is 52.6 Å². The van der Waals surface area contributed by atoms with Crippen LogP contribution in [-0.4, -0.2) is 0 Å². The first-order chi connectivity index (χ1) is 10.3. The zero-order chi connectivity index (χ0) is 14.4. The molecule has 2 aromatic rings. The van der Waals surface area contributed by atoms with Gasteiger partial charge in [0.25, 0.3) is 0 Å². The summed E-state index contributed by atoms with van der Waals surface area (Å²) in [6.45, 7) is 6.17. The number of rotatable bonds is 1. The molecule has 0 spiro atoms. The van der Waals surface area contributed by atoms with Gasteiger partial charge < -0.3 is 0 Å². The van der Waals surface area contributed by atoms with Gasteiger partial charge in [-0.1, -0.05) is 49.1 Å². The van der Waals surface area contributed by atoms with Crippen molar-refractivity contribution in [1.82, 2.24) is 0 Å². The lowest BCUT2D eigenvalue weighted by molar-refractivity contribution is 0.881. The smallest absolute Gasteiger partial charge is 0.0146 e. The zero-order valence-electron chi connectivity index (χ0n) is 12.6. The molecule has 21 heavy (non-hydrogen) atoms. The summed E-state index contributed by atoms with van der Waals surface area (Å²) < 4.78 is 0. The Kier molecular flexibility index (Phi) is 2.85. The summed E-state index contributed by atoms with van der Waals surface area (Å²) in [4.78, 5) is 0. The lowest BCUT2D eigenvalue weighted by Crippen LogP contribution is -2.11. The van der Waals surface area contributed by atoms with Crippen molar-refractivity contribution in [3.63, 3.8) is 0 Å². The first kappa shape index (κ1) is 12.6. The van der Waals surface area contributed by atoms with Crippen LogP contribution < -0.4 is 0 Å². The summed E-state index contributed by atoms with van der Waals surface area (Å²) in [5.74, 6) is 0.